The van der Waals surface area contributed by atoms with E-state index in [1.807, 2.05) is 0 Å². The van der Waals surface area contributed by atoms with Gasteiger partial charge in [0.2, 0.25) is 45.9 Å². The van der Waals surface area contributed by atoms with Gasteiger partial charge < -0.3 is 8.92 Å². The van der Waals surface area contributed by atoms with Crippen LogP contribution in [0.25, 0.3) is 0 Å². The van der Waals surface area contributed by atoms with E-state index in [9.17, 15) is 43.7 Å². The average Bonchev–Trinajstić information content (AvgIpc) is 2.92. The third-order valence-corrected chi connectivity index (χ3v) is 7.18. The van der Waals surface area contributed by atoms with Gasteiger partial charge >= 0.3 is 6.18 Å². The van der Waals surface area contributed by atoms with Gasteiger partial charge in [-0.25, -0.2) is 17.4 Å². The molecule has 2 atom stereocenters. The molecule has 0 aliphatic carbocycles. The monoisotopic (exact) mass is 582 g/mol. The molecular weight excluding hydrogens is 563 g/mol. The average molecular weight is 582 g/mol. The van der Waals surface area contributed by atoms with Gasteiger partial charge in [0.1, 0.15) is 5.75 Å². The third kappa shape index (κ3) is 5.87. The van der Waals surface area contributed by atoms with Crippen LogP contribution in [0.2, 0.25) is 0 Å². The van der Waals surface area contributed by atoms with Crippen molar-refractivity contribution in [3.8, 4) is 11.5 Å². The Labute approximate surface area is 219 Å². The Morgan fingerprint density at radius 3 is 2.15 bits per heavy atom. The van der Waals surface area contributed by atoms with Crippen LogP contribution in [-0.2, 0) is 23.7 Å². The van der Waals surface area contributed by atoms with Crippen LogP contribution in [0, 0.1) is 29.1 Å². The van der Waals surface area contributed by atoms with Crippen LogP contribution in [0.15, 0.2) is 41.3 Å². The fraction of sp³-hybridized carbons (Fsp3) is 0.308. The van der Waals surface area contributed by atoms with E-state index < -0.39 is 70.2 Å². The fourth-order valence-electron chi connectivity index (χ4n) is 4.33. The number of hydrogen-bond acceptors (Lipinski definition) is 3. The van der Waals surface area contributed by atoms with E-state index in [-0.39, 0.29) is 30.1 Å². The smallest absolute Gasteiger partial charge is 0.416 e. The van der Waals surface area contributed by atoms with E-state index in [0.29, 0.717) is 29.5 Å². The summed E-state index contributed by atoms with van der Waals surface area (Å²) in [5.74, 6) is -13.5. The predicted octanol–water partition coefficient (Wildman–Crippen LogP) is 7.71. The first-order valence-corrected chi connectivity index (χ1v) is 12.7. The molecule has 1 heterocycles. The number of rotatable bonds is 8. The molecule has 210 valence electrons. The summed E-state index contributed by atoms with van der Waals surface area (Å²) >= 11 is -2.73. The molecule has 0 saturated carbocycles. The second-order valence-corrected chi connectivity index (χ2v) is 9.77. The summed E-state index contributed by atoms with van der Waals surface area (Å²) in [7, 11) is 0. The zero-order valence-corrected chi connectivity index (χ0v) is 20.6. The van der Waals surface area contributed by atoms with Gasteiger partial charge in [-0.2, -0.15) is 22.0 Å². The Kier molecular flexibility index (Phi) is 8.48. The second-order valence-electron chi connectivity index (χ2n) is 8.66. The highest BCUT2D eigenvalue weighted by molar-refractivity contribution is 7.80. The Hall–Kier alpha value is -3.22. The van der Waals surface area contributed by atoms with Gasteiger partial charge in [-0.1, -0.05) is 12.1 Å². The summed E-state index contributed by atoms with van der Waals surface area (Å²) in [5.41, 5.74) is 0.617. The highest BCUT2D eigenvalue weighted by atomic mass is 32.2. The van der Waals surface area contributed by atoms with Crippen LogP contribution in [0.3, 0.4) is 0 Å². The minimum absolute atomic E-state index is 0.108. The molecule has 1 aliphatic heterocycles. The van der Waals surface area contributed by atoms with E-state index in [1.54, 1.807) is 0 Å². The summed E-state index contributed by atoms with van der Waals surface area (Å²) < 4.78 is 144. The first-order chi connectivity index (χ1) is 18.4. The minimum Gasteiger partial charge on any atom is -0.493 e. The zero-order valence-electron chi connectivity index (χ0n) is 19.8. The van der Waals surface area contributed by atoms with E-state index in [1.165, 1.54) is 24.3 Å². The van der Waals surface area contributed by atoms with Crippen LogP contribution in [0.1, 0.15) is 47.4 Å². The molecule has 3 nitrogen and oxygen atoms in total. The van der Waals surface area contributed by atoms with Crippen molar-refractivity contribution in [2.75, 3.05) is 13.3 Å². The van der Waals surface area contributed by atoms with E-state index in [2.05, 4.69) is 4.18 Å². The molecule has 13 heteroatoms. The molecule has 3 aromatic carbocycles. The van der Waals surface area contributed by atoms with Crippen LogP contribution in [0.4, 0.5) is 39.5 Å². The molecule has 3 aromatic rings. The van der Waals surface area contributed by atoms with Crippen molar-refractivity contribution >= 4 is 11.1 Å². The lowest BCUT2D eigenvalue weighted by Gasteiger charge is -2.28. The van der Waals surface area contributed by atoms with Gasteiger partial charge in [0.15, 0.2) is 0 Å². The lowest BCUT2D eigenvalue weighted by molar-refractivity contribution is -0.137. The number of ether oxygens (including phenoxy) is 1. The number of aryl methyl sites for hydroxylation is 1. The van der Waals surface area contributed by atoms with Gasteiger partial charge in [-0.15, -0.1) is 0 Å². The molecule has 0 aromatic heterocycles. The van der Waals surface area contributed by atoms with Crippen molar-refractivity contribution in [1.82, 2.24) is 0 Å². The maximum atomic E-state index is 13.9. The van der Waals surface area contributed by atoms with Gasteiger partial charge in [0.25, 0.3) is 0 Å². The van der Waals surface area contributed by atoms with Crippen LogP contribution < -0.4 is 8.92 Å². The molecule has 0 bridgehead atoms. The Morgan fingerprint density at radius 2 is 1.51 bits per heavy atom. The number of halogens is 9. The molecule has 4 rings (SSSR count). The van der Waals surface area contributed by atoms with Crippen LogP contribution in [-0.4, -0.2) is 17.5 Å². The topological polar surface area (TPSA) is 35.5 Å². The van der Waals surface area contributed by atoms with Crippen LogP contribution >= 0.6 is 0 Å². The molecule has 0 spiro atoms. The van der Waals surface area contributed by atoms with Crippen molar-refractivity contribution in [1.29, 1.82) is 0 Å². The highest BCUT2D eigenvalue weighted by Crippen LogP contribution is 2.42. The highest BCUT2D eigenvalue weighted by Gasteiger charge is 2.33. The van der Waals surface area contributed by atoms with Crippen molar-refractivity contribution < 1.29 is 52.6 Å². The molecule has 0 N–H and O–H groups in total. The van der Waals surface area contributed by atoms with Crippen molar-refractivity contribution in [3.63, 3.8) is 0 Å². The Bertz CT molecular complexity index is 1380. The molecule has 39 heavy (non-hydrogen) atoms. The lowest BCUT2D eigenvalue weighted by Crippen LogP contribution is -2.18. The van der Waals surface area contributed by atoms with Gasteiger partial charge in [0, 0.05) is 17.5 Å². The maximum Gasteiger partial charge on any atom is 0.416 e. The normalized spacial score (nSPS) is 16.0. The molecule has 0 saturated heterocycles. The summed E-state index contributed by atoms with van der Waals surface area (Å²) in [4.78, 5) is -0.228. The predicted molar refractivity (Wildman–Crippen MR) is 122 cm³/mol. The zero-order chi connectivity index (χ0) is 28.5. The van der Waals surface area contributed by atoms with Gasteiger partial charge in [-0.05, 0) is 55.0 Å². The number of hydrogen-bond donors (Lipinski definition) is 0. The maximum absolute atomic E-state index is 13.9. The fourth-order valence-corrected chi connectivity index (χ4v) is 5.10. The Morgan fingerprint density at radius 1 is 0.872 bits per heavy atom. The SMILES string of the molecule is O=S(Oc1c(F)c(F)c(F)c(F)c1F)c1ccc2c(c1)OCCC2c1ccc(C(F)(F)F)cc1CCCCF. The third-order valence-electron chi connectivity index (χ3n) is 6.22. The van der Waals surface area contributed by atoms with E-state index in [0.717, 1.165) is 12.1 Å². The van der Waals surface area contributed by atoms with Gasteiger partial charge in [-0.3, -0.25) is 4.39 Å². The summed E-state index contributed by atoms with van der Waals surface area (Å²) in [6.07, 6.45) is -3.49. The molecule has 2 unspecified atom stereocenters. The molecule has 0 fully saturated rings. The molecule has 0 amide bonds. The molecule has 0 radical (unpaired) electrons. The standard InChI is InChI=1S/C26H19F9O3S/c27-9-2-1-3-13-11-14(26(33,34)35)4-6-16(13)17-8-10-37-19-12-15(5-7-18(17)19)39(36)38-25-23(31)21(29)20(28)22(30)24(25)32/h4-7,11-12,17H,1-3,8-10H2. The summed E-state index contributed by atoms with van der Waals surface area (Å²) in [6.45, 7) is -0.501. The minimum atomic E-state index is -4.57. The second kappa shape index (κ2) is 11.5. The van der Waals surface area contributed by atoms with Crippen molar-refractivity contribution in [2.45, 2.75) is 42.7 Å². The summed E-state index contributed by atoms with van der Waals surface area (Å²) in [5, 5.41) is 0. The van der Waals surface area contributed by atoms with Crippen molar-refractivity contribution in [2.24, 2.45) is 0 Å². The van der Waals surface area contributed by atoms with Gasteiger partial charge in [0.05, 0.1) is 23.7 Å². The largest absolute Gasteiger partial charge is 0.493 e. The van der Waals surface area contributed by atoms with Crippen molar-refractivity contribution in [3.05, 3.63) is 87.7 Å². The number of benzene rings is 3. The quantitative estimate of drug-likeness (QED) is 0.118. The first kappa shape index (κ1) is 28.8. The lowest BCUT2D eigenvalue weighted by atomic mass is 9.82. The first-order valence-electron chi connectivity index (χ1n) is 11.6. The van der Waals surface area contributed by atoms with E-state index >= 15 is 0 Å². The number of alkyl halides is 4. The number of unbranched alkanes of at least 4 members (excludes halogenated alkanes) is 1. The molecular formula is C26H19F9O3S. The Balaban J connectivity index is 1.66. The molecule has 1 aliphatic rings. The van der Waals surface area contributed by atoms with E-state index in [4.69, 9.17) is 4.74 Å². The number of fused-ring (bicyclic) bond motifs is 1. The van der Waals surface area contributed by atoms with Crippen LogP contribution in [0.5, 0.6) is 11.5 Å². The summed E-state index contributed by atoms with van der Waals surface area (Å²) in [6, 6.07) is 7.17.